The van der Waals surface area contributed by atoms with E-state index in [4.69, 9.17) is 0 Å². The van der Waals surface area contributed by atoms with Crippen LogP contribution in [0, 0.1) is 17.8 Å². The van der Waals surface area contributed by atoms with Crippen molar-refractivity contribution in [1.82, 2.24) is 20.1 Å². The third-order valence-electron chi connectivity index (χ3n) is 11.3. The van der Waals surface area contributed by atoms with Crippen molar-refractivity contribution in [3.05, 3.63) is 84.2 Å². The lowest BCUT2D eigenvalue weighted by atomic mass is 9.56. The van der Waals surface area contributed by atoms with E-state index in [0.717, 1.165) is 57.9 Å². The van der Waals surface area contributed by atoms with Crippen molar-refractivity contribution in [3.63, 3.8) is 0 Å². The number of anilines is 1. The molecule has 0 radical (unpaired) electrons. The molecule has 1 aromatic heterocycles. The maximum Gasteiger partial charge on any atom is 0.217 e. The number of amides is 1. The van der Waals surface area contributed by atoms with Gasteiger partial charge < -0.3 is 20.0 Å². The zero-order chi connectivity index (χ0) is 31.9. The van der Waals surface area contributed by atoms with Crippen molar-refractivity contribution in [2.75, 3.05) is 51.2 Å². The molecular weight excluding hydrogens is 595 g/mol. The van der Waals surface area contributed by atoms with E-state index in [-0.39, 0.29) is 22.3 Å². The molecule has 2 aromatic carbocycles. The molecule has 1 saturated carbocycles. The fourth-order valence-corrected chi connectivity index (χ4v) is 10.6. The van der Waals surface area contributed by atoms with Crippen molar-refractivity contribution in [3.8, 4) is 0 Å². The molecule has 4 aliphatic rings. The SMILES string of the molecule is CC(=O)N[C@H]1CCC[C@@H]1C1(C2CCN(CC3CN(c4ccc(S(=O)(=O)c5ccncc5)cc4)C3)CC2)CN(C)Cc2ccccc21. The standard InChI is InChI=1S/C37H47N5O3S/c1-27(43)39-36-9-5-8-35(36)37(26-40(2)25-29-6-3-4-7-34(29)37)30-16-20-41(21-17-30)22-28-23-42(24-28)31-10-12-32(13-11-31)46(44,45)33-14-18-38-19-15-33/h3-4,6-7,10-15,18-19,28,30,35-36H,5,8-9,16-17,20-26H2,1-2H3,(H,39,43)/t35-,36-,37?/m0/s1. The number of rotatable bonds is 8. The molecule has 0 bridgehead atoms. The molecule has 2 saturated heterocycles. The van der Waals surface area contributed by atoms with E-state index in [0.29, 0.717) is 22.6 Å². The van der Waals surface area contributed by atoms with Gasteiger partial charge in [-0.15, -0.1) is 0 Å². The van der Waals surface area contributed by atoms with E-state index in [9.17, 15) is 13.2 Å². The van der Waals surface area contributed by atoms with Gasteiger partial charge in [0, 0.05) is 75.1 Å². The summed E-state index contributed by atoms with van der Waals surface area (Å²) in [5.41, 5.74) is 4.15. The number of likely N-dealkylation sites (tertiary alicyclic amines) is 1. The maximum absolute atomic E-state index is 13.0. The highest BCUT2D eigenvalue weighted by molar-refractivity contribution is 7.91. The molecule has 0 spiro atoms. The summed E-state index contributed by atoms with van der Waals surface area (Å²) in [6.07, 6.45) is 8.85. The second-order valence-corrected chi connectivity index (χ2v) is 16.2. The first-order chi connectivity index (χ1) is 22.2. The van der Waals surface area contributed by atoms with Gasteiger partial charge in [-0.05, 0) is 105 Å². The number of carbonyl (C=O) groups is 1. The molecule has 9 heteroatoms. The Morgan fingerprint density at radius 1 is 0.935 bits per heavy atom. The summed E-state index contributed by atoms with van der Waals surface area (Å²) in [6.45, 7) is 9.08. The summed E-state index contributed by atoms with van der Waals surface area (Å²) in [6, 6.07) is 19.8. The number of likely N-dealkylation sites (N-methyl/N-ethyl adjacent to an activating group) is 1. The second-order valence-electron chi connectivity index (χ2n) is 14.2. The van der Waals surface area contributed by atoms with Gasteiger partial charge >= 0.3 is 0 Å². The molecule has 3 aromatic rings. The fourth-order valence-electron chi connectivity index (χ4n) is 9.35. The lowest BCUT2D eigenvalue weighted by Gasteiger charge is -2.55. The summed E-state index contributed by atoms with van der Waals surface area (Å²) in [5.74, 6) is 1.76. The van der Waals surface area contributed by atoms with Gasteiger partial charge in [0.2, 0.25) is 15.7 Å². The van der Waals surface area contributed by atoms with Crippen LogP contribution in [-0.2, 0) is 26.6 Å². The smallest absolute Gasteiger partial charge is 0.217 e. The number of sulfone groups is 1. The fraction of sp³-hybridized carbons (Fsp3) is 0.514. The second kappa shape index (κ2) is 12.7. The zero-order valence-corrected chi connectivity index (χ0v) is 28.0. The van der Waals surface area contributed by atoms with Crippen LogP contribution in [0.1, 0.15) is 50.2 Å². The lowest BCUT2D eigenvalue weighted by molar-refractivity contribution is -0.120. The highest BCUT2D eigenvalue weighted by Crippen LogP contribution is 2.53. The Balaban J connectivity index is 0.994. The van der Waals surface area contributed by atoms with E-state index in [1.165, 1.54) is 55.8 Å². The highest BCUT2D eigenvalue weighted by Gasteiger charge is 2.54. The quantitative estimate of drug-likeness (QED) is 0.380. The van der Waals surface area contributed by atoms with E-state index >= 15 is 0 Å². The minimum atomic E-state index is -3.54. The van der Waals surface area contributed by atoms with Gasteiger partial charge in [0.25, 0.3) is 0 Å². The van der Waals surface area contributed by atoms with Gasteiger partial charge in [0.15, 0.2) is 0 Å². The van der Waals surface area contributed by atoms with Gasteiger partial charge in [0.1, 0.15) is 0 Å². The number of hydrogen-bond acceptors (Lipinski definition) is 7. The average molecular weight is 642 g/mol. The molecule has 1 aliphatic carbocycles. The van der Waals surface area contributed by atoms with E-state index in [1.54, 1.807) is 24.6 Å². The summed E-state index contributed by atoms with van der Waals surface area (Å²) < 4.78 is 25.9. The molecule has 3 aliphatic heterocycles. The number of nitrogens with zero attached hydrogens (tertiary/aromatic N) is 4. The van der Waals surface area contributed by atoms with Gasteiger partial charge in [-0.2, -0.15) is 0 Å². The number of piperidine rings is 1. The van der Waals surface area contributed by atoms with Crippen LogP contribution in [0.15, 0.2) is 82.8 Å². The van der Waals surface area contributed by atoms with Crippen molar-refractivity contribution in [2.24, 2.45) is 17.8 Å². The van der Waals surface area contributed by atoms with Crippen LogP contribution >= 0.6 is 0 Å². The molecule has 1 N–H and O–H groups in total. The van der Waals surface area contributed by atoms with E-state index in [2.05, 4.69) is 56.3 Å². The number of benzene rings is 2. The number of carbonyl (C=O) groups excluding carboxylic acids is 1. The summed E-state index contributed by atoms with van der Waals surface area (Å²) in [5, 5.41) is 3.38. The Morgan fingerprint density at radius 3 is 2.35 bits per heavy atom. The first-order valence-electron chi connectivity index (χ1n) is 17.0. The summed E-state index contributed by atoms with van der Waals surface area (Å²) in [7, 11) is -1.26. The molecule has 3 fully saturated rings. The minimum absolute atomic E-state index is 0.0591. The number of pyridine rings is 1. The third kappa shape index (κ3) is 5.86. The van der Waals surface area contributed by atoms with Gasteiger partial charge in [-0.1, -0.05) is 30.7 Å². The highest BCUT2D eigenvalue weighted by atomic mass is 32.2. The number of hydrogen-bond donors (Lipinski definition) is 1. The lowest BCUT2D eigenvalue weighted by Crippen LogP contribution is -2.59. The summed E-state index contributed by atoms with van der Waals surface area (Å²) >= 11 is 0. The molecule has 4 heterocycles. The topological polar surface area (TPSA) is 85.8 Å². The normalized spacial score (nSPS) is 26.4. The largest absolute Gasteiger partial charge is 0.371 e. The molecule has 8 nitrogen and oxygen atoms in total. The first-order valence-corrected chi connectivity index (χ1v) is 18.5. The Labute approximate surface area is 274 Å². The number of aromatic nitrogens is 1. The minimum Gasteiger partial charge on any atom is -0.371 e. The summed E-state index contributed by atoms with van der Waals surface area (Å²) in [4.78, 5) is 24.3. The zero-order valence-electron chi connectivity index (χ0n) is 27.1. The van der Waals surface area contributed by atoms with Crippen molar-refractivity contribution in [1.29, 1.82) is 0 Å². The van der Waals surface area contributed by atoms with Crippen LogP contribution in [-0.4, -0.2) is 81.5 Å². The Kier molecular flexibility index (Phi) is 8.67. The molecule has 244 valence electrons. The molecule has 3 atom stereocenters. The van der Waals surface area contributed by atoms with E-state index in [1.807, 2.05) is 12.1 Å². The number of fused-ring (bicyclic) bond motifs is 1. The Bertz CT molecular complexity index is 1630. The first kappa shape index (κ1) is 31.3. The molecule has 46 heavy (non-hydrogen) atoms. The average Bonchev–Trinajstić information content (AvgIpc) is 3.51. The van der Waals surface area contributed by atoms with Crippen LogP contribution in [0.4, 0.5) is 5.69 Å². The molecule has 1 amide bonds. The van der Waals surface area contributed by atoms with E-state index < -0.39 is 9.84 Å². The predicted molar refractivity (Wildman–Crippen MR) is 180 cm³/mol. The van der Waals surface area contributed by atoms with Crippen molar-refractivity contribution < 1.29 is 13.2 Å². The monoisotopic (exact) mass is 641 g/mol. The third-order valence-corrected chi connectivity index (χ3v) is 13.1. The van der Waals surface area contributed by atoms with Crippen LogP contribution < -0.4 is 10.2 Å². The van der Waals surface area contributed by atoms with Gasteiger partial charge in [-0.25, -0.2) is 8.42 Å². The van der Waals surface area contributed by atoms with Gasteiger partial charge in [-0.3, -0.25) is 9.78 Å². The predicted octanol–water partition coefficient (Wildman–Crippen LogP) is 4.75. The van der Waals surface area contributed by atoms with Crippen molar-refractivity contribution in [2.45, 2.75) is 66.8 Å². The Morgan fingerprint density at radius 2 is 1.63 bits per heavy atom. The van der Waals surface area contributed by atoms with Crippen molar-refractivity contribution >= 4 is 21.4 Å². The molecular formula is C37H47N5O3S. The molecule has 7 rings (SSSR count). The van der Waals surface area contributed by atoms with Crippen LogP contribution in [0.2, 0.25) is 0 Å². The van der Waals surface area contributed by atoms with Gasteiger partial charge in [0.05, 0.1) is 9.79 Å². The van der Waals surface area contributed by atoms with Crippen LogP contribution in [0.3, 0.4) is 0 Å². The molecule has 1 unspecified atom stereocenters. The van der Waals surface area contributed by atoms with Crippen LogP contribution in [0.5, 0.6) is 0 Å². The maximum atomic E-state index is 13.0. The Hall–Kier alpha value is -3.27. The van der Waals surface area contributed by atoms with Crippen LogP contribution in [0.25, 0.3) is 0 Å². The number of nitrogens with one attached hydrogen (secondary N) is 1.